The molecule has 2 N–H and O–H groups in total. The molecule has 0 heterocycles. The number of amides is 1. The van der Waals surface area contributed by atoms with Gasteiger partial charge < -0.3 is 5.11 Å². The third-order valence-corrected chi connectivity index (χ3v) is 4.32. The molecule has 3 nitrogen and oxygen atoms in total. The van der Waals surface area contributed by atoms with Crippen LogP contribution in [0.15, 0.2) is 0 Å². The summed E-state index contributed by atoms with van der Waals surface area (Å²) in [5.74, 6) is 0. The van der Waals surface area contributed by atoms with E-state index in [1.165, 1.54) is 43.1 Å². The molecule has 0 aromatic heterocycles. The van der Waals surface area contributed by atoms with E-state index in [9.17, 15) is 4.79 Å². The van der Waals surface area contributed by atoms with Crippen LogP contribution in [0.25, 0.3) is 0 Å². The molecule has 0 aliphatic heterocycles. The molecule has 0 spiro atoms. The lowest BCUT2D eigenvalue weighted by molar-refractivity contribution is 0.202. The first-order valence-electron chi connectivity index (χ1n) is 4.10. The quantitative estimate of drug-likeness (QED) is 0.552. The van der Waals surface area contributed by atoms with Gasteiger partial charge in [0.15, 0.2) is 0 Å². The molecular weight excluding hydrogens is 194 g/mol. The first-order chi connectivity index (χ1) is 5.79. The summed E-state index contributed by atoms with van der Waals surface area (Å²) in [6.45, 7) is 0. The molecule has 1 amide bonds. The van der Waals surface area contributed by atoms with E-state index < -0.39 is 6.09 Å². The predicted molar refractivity (Wildman–Crippen MR) is 53.2 cm³/mol. The van der Waals surface area contributed by atoms with Crippen LogP contribution in [0.1, 0.15) is 32.1 Å². The summed E-state index contributed by atoms with van der Waals surface area (Å²) in [5.41, 5.74) is 0. The van der Waals surface area contributed by atoms with Crippen LogP contribution in [0, 0.1) is 0 Å². The maximum absolute atomic E-state index is 10.1. The van der Waals surface area contributed by atoms with Gasteiger partial charge in [0.1, 0.15) is 0 Å². The van der Waals surface area contributed by atoms with E-state index in [4.69, 9.17) is 5.11 Å². The minimum atomic E-state index is -0.955. The predicted octanol–water partition coefficient (Wildman–Crippen LogP) is 2.88. The Bertz CT molecular complexity index is 148. The topological polar surface area (TPSA) is 49.3 Å². The molecule has 1 rings (SSSR count). The maximum Gasteiger partial charge on any atom is 0.415 e. The van der Waals surface area contributed by atoms with Crippen molar-refractivity contribution in [1.29, 1.82) is 0 Å². The van der Waals surface area contributed by atoms with E-state index >= 15 is 0 Å². The van der Waals surface area contributed by atoms with Gasteiger partial charge >= 0.3 is 6.09 Å². The molecule has 0 saturated heterocycles. The first kappa shape index (κ1) is 10.1. The minimum absolute atomic E-state index is 0.649. The zero-order chi connectivity index (χ0) is 8.81. The highest BCUT2D eigenvalue weighted by atomic mass is 33.1. The summed E-state index contributed by atoms with van der Waals surface area (Å²) in [6.07, 6.45) is 5.45. The normalized spacial score (nSPS) is 19.0. The van der Waals surface area contributed by atoms with Crippen molar-refractivity contribution in [2.24, 2.45) is 0 Å². The molecule has 0 aromatic carbocycles. The van der Waals surface area contributed by atoms with Crippen molar-refractivity contribution in [1.82, 2.24) is 4.72 Å². The standard InChI is InChI=1S/C7H13NO2S2/c9-7(10)8-12-11-6-4-2-1-3-5-6/h6,8H,1-5H2,(H,9,10). The van der Waals surface area contributed by atoms with Gasteiger partial charge in [0.25, 0.3) is 0 Å². The van der Waals surface area contributed by atoms with Crippen LogP contribution in [-0.2, 0) is 0 Å². The Kier molecular flexibility index (Phi) is 4.68. The van der Waals surface area contributed by atoms with E-state index in [0.29, 0.717) is 5.25 Å². The van der Waals surface area contributed by atoms with E-state index in [0.717, 1.165) is 0 Å². The Morgan fingerprint density at radius 2 is 2.00 bits per heavy atom. The Morgan fingerprint density at radius 1 is 1.33 bits per heavy atom. The molecule has 1 aliphatic rings. The zero-order valence-corrected chi connectivity index (χ0v) is 8.42. The summed E-state index contributed by atoms with van der Waals surface area (Å²) >= 11 is 0. The molecule has 5 heteroatoms. The highest BCUT2D eigenvalue weighted by Crippen LogP contribution is 2.34. The van der Waals surface area contributed by atoms with Crippen LogP contribution in [0.5, 0.6) is 0 Å². The molecular formula is C7H13NO2S2. The van der Waals surface area contributed by atoms with E-state index in [-0.39, 0.29) is 0 Å². The number of rotatable bonds is 3. The number of carboxylic acid groups (broad SMARTS) is 1. The minimum Gasteiger partial charge on any atom is -0.464 e. The van der Waals surface area contributed by atoms with Crippen molar-refractivity contribution in [3.8, 4) is 0 Å². The van der Waals surface area contributed by atoms with Crippen LogP contribution >= 0.6 is 21.8 Å². The number of nitrogens with one attached hydrogen (secondary N) is 1. The van der Waals surface area contributed by atoms with Gasteiger partial charge in [-0.25, -0.2) is 4.79 Å². The fourth-order valence-corrected chi connectivity index (χ4v) is 3.41. The van der Waals surface area contributed by atoms with Gasteiger partial charge in [-0.1, -0.05) is 30.1 Å². The average molecular weight is 207 g/mol. The molecule has 1 aliphatic carbocycles. The monoisotopic (exact) mass is 207 g/mol. The van der Waals surface area contributed by atoms with Gasteiger partial charge in [0.05, 0.1) is 0 Å². The summed E-state index contributed by atoms with van der Waals surface area (Å²) in [6, 6.07) is 0. The number of carbonyl (C=O) groups is 1. The molecule has 0 atom stereocenters. The second-order valence-electron chi connectivity index (χ2n) is 2.85. The molecule has 0 unspecified atom stereocenters. The zero-order valence-electron chi connectivity index (χ0n) is 6.78. The lowest BCUT2D eigenvalue weighted by atomic mass is 10.0. The average Bonchev–Trinajstić information content (AvgIpc) is 2.05. The first-order valence-corrected chi connectivity index (χ1v) is 6.31. The van der Waals surface area contributed by atoms with Crippen molar-refractivity contribution >= 4 is 27.9 Å². The van der Waals surface area contributed by atoms with Crippen molar-refractivity contribution < 1.29 is 9.90 Å². The summed E-state index contributed by atoms with van der Waals surface area (Å²) < 4.78 is 2.29. The SMILES string of the molecule is O=C(O)NSSC1CCCCC1. The van der Waals surface area contributed by atoms with Crippen LogP contribution in [-0.4, -0.2) is 16.4 Å². The fourth-order valence-electron chi connectivity index (χ4n) is 1.29. The lowest BCUT2D eigenvalue weighted by Gasteiger charge is -2.19. The Balaban J connectivity index is 2.01. The summed E-state index contributed by atoms with van der Waals surface area (Å²) in [5, 5.41) is 8.95. The number of hydrogen-bond donors (Lipinski definition) is 2. The second kappa shape index (κ2) is 5.59. The smallest absolute Gasteiger partial charge is 0.415 e. The van der Waals surface area contributed by atoms with Crippen molar-refractivity contribution in [2.45, 2.75) is 37.4 Å². The Labute approximate surface area is 80.2 Å². The van der Waals surface area contributed by atoms with Gasteiger partial charge in [-0.2, -0.15) is 0 Å². The van der Waals surface area contributed by atoms with Gasteiger partial charge in [-0.3, -0.25) is 4.72 Å². The molecule has 1 fully saturated rings. The maximum atomic E-state index is 10.1. The molecule has 70 valence electrons. The Hall–Kier alpha value is -0.0300. The van der Waals surface area contributed by atoms with E-state index in [1.807, 2.05) is 0 Å². The third-order valence-electron chi connectivity index (χ3n) is 1.87. The lowest BCUT2D eigenvalue weighted by Crippen LogP contribution is -2.13. The molecule has 0 aromatic rings. The molecule has 12 heavy (non-hydrogen) atoms. The summed E-state index contributed by atoms with van der Waals surface area (Å²) in [7, 11) is 2.89. The van der Waals surface area contributed by atoms with Crippen LogP contribution in [0.4, 0.5) is 4.79 Å². The highest BCUT2D eigenvalue weighted by Gasteiger charge is 2.14. The van der Waals surface area contributed by atoms with Gasteiger partial charge in [-0.05, 0) is 12.8 Å². The van der Waals surface area contributed by atoms with Gasteiger partial charge in [0, 0.05) is 16.2 Å². The third kappa shape index (κ3) is 4.11. The van der Waals surface area contributed by atoms with Crippen molar-refractivity contribution in [3.05, 3.63) is 0 Å². The van der Waals surface area contributed by atoms with Gasteiger partial charge in [0.2, 0.25) is 0 Å². The largest absolute Gasteiger partial charge is 0.464 e. The van der Waals surface area contributed by atoms with Crippen LogP contribution in [0.2, 0.25) is 0 Å². The van der Waals surface area contributed by atoms with Gasteiger partial charge in [-0.15, -0.1) is 0 Å². The summed E-state index contributed by atoms with van der Waals surface area (Å²) in [4.78, 5) is 10.1. The molecule has 1 saturated carbocycles. The second-order valence-corrected chi connectivity index (χ2v) is 5.15. The molecule has 0 bridgehead atoms. The van der Waals surface area contributed by atoms with Crippen molar-refractivity contribution in [3.63, 3.8) is 0 Å². The van der Waals surface area contributed by atoms with Crippen LogP contribution in [0.3, 0.4) is 0 Å². The highest BCUT2D eigenvalue weighted by molar-refractivity contribution is 8.76. The molecule has 0 radical (unpaired) electrons. The van der Waals surface area contributed by atoms with E-state index in [1.54, 1.807) is 10.8 Å². The number of hydrogen-bond acceptors (Lipinski definition) is 3. The van der Waals surface area contributed by atoms with E-state index in [2.05, 4.69) is 4.72 Å². The fraction of sp³-hybridized carbons (Fsp3) is 0.857. The van der Waals surface area contributed by atoms with Crippen molar-refractivity contribution in [2.75, 3.05) is 0 Å². The Morgan fingerprint density at radius 3 is 2.58 bits per heavy atom. The van der Waals surface area contributed by atoms with Crippen LogP contribution < -0.4 is 4.72 Å².